The van der Waals surface area contributed by atoms with Gasteiger partial charge in [0.05, 0.1) is 13.1 Å². The number of rotatable bonds is 6. The molecule has 2 aliphatic heterocycles. The fourth-order valence-corrected chi connectivity index (χ4v) is 2.29. The molecule has 0 unspecified atom stereocenters. The summed E-state index contributed by atoms with van der Waals surface area (Å²) in [6.45, 7) is -0.922. The smallest absolute Gasteiger partial charge is 0.334 e. The Morgan fingerprint density at radius 2 is 1.54 bits per heavy atom. The fourth-order valence-electron chi connectivity index (χ4n) is 2.29. The van der Waals surface area contributed by atoms with Crippen molar-refractivity contribution in [2.75, 3.05) is 19.7 Å². The molecule has 5 N–H and O–H groups in total. The molecule has 12 heteroatoms. The molecule has 2 atom stereocenters. The second-order valence-electron chi connectivity index (χ2n) is 5.49. The molecule has 26 heavy (non-hydrogen) atoms. The summed E-state index contributed by atoms with van der Waals surface area (Å²) in [6, 6.07) is -2.24. The fraction of sp³-hybridized carbons (Fsp3) is 0.429. The van der Waals surface area contributed by atoms with Gasteiger partial charge in [0.25, 0.3) is 0 Å². The molecule has 0 aromatic rings. The van der Waals surface area contributed by atoms with E-state index in [0.717, 1.165) is 0 Å². The molecule has 2 aliphatic rings. The Labute approximate surface area is 146 Å². The van der Waals surface area contributed by atoms with Crippen molar-refractivity contribution >= 4 is 35.6 Å². The van der Waals surface area contributed by atoms with Crippen LogP contribution in [0.25, 0.3) is 0 Å². The molecular weight excluding hydrogens is 352 g/mol. The molecule has 0 aliphatic carbocycles. The molecule has 0 spiro atoms. The normalized spacial score (nSPS) is 23.3. The molecule has 140 valence electrons. The third-order valence-electron chi connectivity index (χ3n) is 3.51. The van der Waals surface area contributed by atoms with E-state index in [0.29, 0.717) is 6.08 Å². The summed E-state index contributed by atoms with van der Waals surface area (Å²) in [5.41, 5.74) is -0.387. The van der Waals surface area contributed by atoms with Gasteiger partial charge in [-0.2, -0.15) is 0 Å². The maximum atomic E-state index is 12.1. The van der Waals surface area contributed by atoms with Crippen LogP contribution in [0.1, 0.15) is 6.42 Å². The monoisotopic (exact) mass is 368 g/mol. The molecule has 2 saturated heterocycles. The number of hydrogen-bond acceptors (Lipinski definition) is 7. The Kier molecular flexibility index (Phi) is 5.88. The van der Waals surface area contributed by atoms with E-state index < -0.39 is 60.7 Å². The van der Waals surface area contributed by atoms with E-state index in [1.165, 1.54) is 0 Å². The van der Waals surface area contributed by atoms with E-state index >= 15 is 0 Å². The van der Waals surface area contributed by atoms with Crippen molar-refractivity contribution in [3.05, 3.63) is 11.6 Å². The zero-order valence-electron chi connectivity index (χ0n) is 13.4. The third kappa shape index (κ3) is 5.03. The predicted octanol–water partition coefficient (Wildman–Crippen LogP) is -3.84. The largest absolute Gasteiger partial charge is 0.478 e. The van der Waals surface area contributed by atoms with Gasteiger partial charge in [-0.05, 0) is 0 Å². The number of nitrogens with one attached hydrogen (secondary N) is 4. The van der Waals surface area contributed by atoms with Gasteiger partial charge in [-0.3, -0.25) is 19.2 Å². The van der Waals surface area contributed by atoms with Crippen molar-refractivity contribution < 1.29 is 38.6 Å². The molecule has 2 heterocycles. The van der Waals surface area contributed by atoms with Crippen molar-refractivity contribution in [2.24, 2.45) is 0 Å². The van der Waals surface area contributed by atoms with Gasteiger partial charge in [0.2, 0.25) is 23.6 Å². The minimum Gasteiger partial charge on any atom is -0.478 e. The zero-order chi connectivity index (χ0) is 19.3. The van der Waals surface area contributed by atoms with Crippen molar-refractivity contribution in [3.8, 4) is 0 Å². The van der Waals surface area contributed by atoms with Crippen molar-refractivity contribution in [2.45, 2.75) is 18.5 Å². The SMILES string of the molecule is O=C(O)C=C(C[C@@H]1NC(=O)CNC1=O)C(=O)OC[C@@H]1NC(=O)CNC1=O. The third-order valence-corrected chi connectivity index (χ3v) is 3.51. The van der Waals surface area contributed by atoms with Crippen LogP contribution in [0.2, 0.25) is 0 Å². The first-order chi connectivity index (χ1) is 12.3. The van der Waals surface area contributed by atoms with Gasteiger partial charge in [-0.1, -0.05) is 0 Å². The highest BCUT2D eigenvalue weighted by Gasteiger charge is 2.31. The summed E-state index contributed by atoms with van der Waals surface area (Å²) < 4.78 is 4.88. The Bertz CT molecular complexity index is 701. The second kappa shape index (κ2) is 8.09. The first kappa shape index (κ1) is 18.9. The number of ether oxygens (including phenoxy) is 1. The molecule has 0 radical (unpaired) electrons. The lowest BCUT2D eigenvalue weighted by Gasteiger charge is -2.24. The van der Waals surface area contributed by atoms with Crippen LogP contribution in [0.4, 0.5) is 0 Å². The Balaban J connectivity index is 2.01. The van der Waals surface area contributed by atoms with Crippen LogP contribution < -0.4 is 21.3 Å². The van der Waals surface area contributed by atoms with Gasteiger partial charge >= 0.3 is 11.9 Å². The number of hydrogen-bond donors (Lipinski definition) is 5. The number of carboxylic acids is 1. The van der Waals surface area contributed by atoms with Crippen molar-refractivity contribution in [3.63, 3.8) is 0 Å². The van der Waals surface area contributed by atoms with Crippen molar-refractivity contribution in [1.29, 1.82) is 0 Å². The van der Waals surface area contributed by atoms with E-state index in [9.17, 15) is 28.8 Å². The highest BCUT2D eigenvalue weighted by molar-refractivity contribution is 5.99. The van der Waals surface area contributed by atoms with E-state index in [2.05, 4.69) is 21.3 Å². The number of esters is 1. The highest BCUT2D eigenvalue weighted by Crippen LogP contribution is 2.11. The quantitative estimate of drug-likeness (QED) is 0.233. The van der Waals surface area contributed by atoms with Crippen LogP contribution in [-0.4, -0.2) is 72.5 Å². The number of aliphatic carboxylic acids is 1. The predicted molar refractivity (Wildman–Crippen MR) is 81.2 cm³/mol. The van der Waals surface area contributed by atoms with Crippen LogP contribution in [0.5, 0.6) is 0 Å². The molecule has 0 aromatic heterocycles. The van der Waals surface area contributed by atoms with Gasteiger partial charge in [0.15, 0.2) is 0 Å². The number of carbonyl (C=O) groups is 6. The minimum atomic E-state index is -1.46. The van der Waals surface area contributed by atoms with Crippen LogP contribution in [0.3, 0.4) is 0 Å². The van der Waals surface area contributed by atoms with Gasteiger partial charge < -0.3 is 31.1 Å². The summed E-state index contributed by atoms with van der Waals surface area (Å²) in [5, 5.41) is 18.1. The summed E-state index contributed by atoms with van der Waals surface area (Å²) in [6.07, 6.45) is 0.141. The van der Waals surface area contributed by atoms with E-state index in [1.807, 2.05) is 0 Å². The molecule has 2 fully saturated rings. The number of carboxylic acid groups (broad SMARTS) is 1. The summed E-state index contributed by atoms with van der Waals surface area (Å²) >= 11 is 0. The Hall–Kier alpha value is -3.44. The lowest BCUT2D eigenvalue weighted by molar-refractivity contribution is -0.144. The van der Waals surface area contributed by atoms with E-state index in [4.69, 9.17) is 9.84 Å². The molecule has 0 bridgehead atoms. The topological polar surface area (TPSA) is 180 Å². The number of carbonyl (C=O) groups excluding carboxylic acids is 5. The molecule has 4 amide bonds. The second-order valence-corrected chi connectivity index (χ2v) is 5.49. The molecule has 2 rings (SSSR count). The van der Waals surface area contributed by atoms with E-state index in [-0.39, 0.29) is 18.7 Å². The summed E-state index contributed by atoms with van der Waals surface area (Å²) in [5.74, 6) is -4.63. The zero-order valence-corrected chi connectivity index (χ0v) is 13.4. The standard InChI is InChI=1S/C14H16N4O8/c19-9-3-15-12(23)7(17-9)1-6(2-11(21)22)14(25)26-5-8-13(24)16-4-10(20)18-8/h2,7-8H,1,3-5H2,(H,15,23)(H,16,24)(H,17,19)(H,18,20)(H,21,22)/t7-,8-/m0/s1. The average Bonchev–Trinajstić information content (AvgIpc) is 2.57. The van der Waals surface area contributed by atoms with Crippen molar-refractivity contribution in [1.82, 2.24) is 21.3 Å². The van der Waals surface area contributed by atoms with Crippen LogP contribution in [0.15, 0.2) is 11.6 Å². The highest BCUT2D eigenvalue weighted by atomic mass is 16.5. The van der Waals surface area contributed by atoms with E-state index in [1.54, 1.807) is 0 Å². The first-order valence-corrected chi connectivity index (χ1v) is 7.51. The molecule has 0 saturated carbocycles. The molecule has 0 aromatic carbocycles. The molecule has 12 nitrogen and oxygen atoms in total. The van der Waals surface area contributed by atoms with Crippen LogP contribution >= 0.6 is 0 Å². The number of piperazine rings is 2. The first-order valence-electron chi connectivity index (χ1n) is 7.51. The maximum absolute atomic E-state index is 12.1. The Morgan fingerprint density at radius 1 is 1.00 bits per heavy atom. The lowest BCUT2D eigenvalue weighted by Crippen LogP contribution is -2.58. The van der Waals surface area contributed by atoms with Gasteiger partial charge in [-0.25, -0.2) is 9.59 Å². The lowest BCUT2D eigenvalue weighted by atomic mass is 10.0. The van der Waals surface area contributed by atoms with Crippen LogP contribution in [-0.2, 0) is 33.5 Å². The molecular formula is C14H16N4O8. The van der Waals surface area contributed by atoms with Gasteiger partial charge in [0, 0.05) is 18.1 Å². The average molecular weight is 368 g/mol. The number of amides is 4. The Morgan fingerprint density at radius 3 is 2.12 bits per heavy atom. The summed E-state index contributed by atoms with van der Waals surface area (Å²) in [4.78, 5) is 68.9. The maximum Gasteiger partial charge on any atom is 0.334 e. The van der Waals surface area contributed by atoms with Gasteiger partial charge in [0.1, 0.15) is 18.7 Å². The van der Waals surface area contributed by atoms with Crippen LogP contribution in [0, 0.1) is 0 Å². The minimum absolute atomic E-state index is 0.191. The summed E-state index contributed by atoms with van der Waals surface area (Å²) in [7, 11) is 0. The van der Waals surface area contributed by atoms with Gasteiger partial charge in [-0.15, -0.1) is 0 Å².